The van der Waals surface area contributed by atoms with Crippen LogP contribution in [-0.2, 0) is 14.2 Å². The molecule has 0 amide bonds. The van der Waals surface area contributed by atoms with Gasteiger partial charge in [-0.25, -0.2) is 0 Å². The highest BCUT2D eigenvalue weighted by Gasteiger charge is 2.21. The first-order valence-electron chi connectivity index (χ1n) is 5.32. The molecule has 0 saturated carbocycles. The average Bonchev–Trinajstić information content (AvgIpc) is 2.53. The monoisotopic (exact) mass is 238 g/mol. The summed E-state index contributed by atoms with van der Waals surface area (Å²) in [7, 11) is 0. The third-order valence-electron chi connectivity index (χ3n) is 1.83. The summed E-state index contributed by atoms with van der Waals surface area (Å²) in [5, 5.41) is 8.74. The van der Waals surface area contributed by atoms with E-state index in [-0.39, 0.29) is 11.5 Å². The zero-order valence-corrected chi connectivity index (χ0v) is 10.6. The molecular weight excluding hydrogens is 216 g/mol. The summed E-state index contributed by atoms with van der Waals surface area (Å²) in [5.41, 5.74) is 0. The van der Waals surface area contributed by atoms with E-state index in [0.29, 0.717) is 6.61 Å². The van der Waals surface area contributed by atoms with Crippen molar-refractivity contribution in [3.63, 3.8) is 0 Å². The van der Waals surface area contributed by atoms with Gasteiger partial charge in [0, 0.05) is 13.2 Å². The second-order valence-electron chi connectivity index (χ2n) is 3.10. The second-order valence-corrected chi connectivity index (χ2v) is 3.76. The molecule has 1 aliphatic rings. The van der Waals surface area contributed by atoms with Gasteiger partial charge in [-0.05, 0) is 27.2 Å². The SMILES string of the molecule is CCOC(C)OCC.OC1OCCC1S. The van der Waals surface area contributed by atoms with Gasteiger partial charge in [0.15, 0.2) is 12.6 Å². The minimum atomic E-state index is -0.622. The summed E-state index contributed by atoms with van der Waals surface area (Å²) in [4.78, 5) is 0. The minimum absolute atomic E-state index is 0.0370. The standard InChI is InChI=1S/C6H14O2.C4H8O2S/c1-4-7-6(3)8-5-2;5-4-3(7)1-2-6-4/h6H,4-5H2,1-3H3;3-5,7H,1-2H2. The predicted octanol–water partition coefficient (Wildman–Crippen LogP) is 1.43. The fourth-order valence-electron chi connectivity index (χ4n) is 1.08. The summed E-state index contributed by atoms with van der Waals surface area (Å²) in [5.74, 6) is 0. The van der Waals surface area contributed by atoms with Gasteiger partial charge in [-0.15, -0.1) is 0 Å². The van der Waals surface area contributed by atoms with E-state index in [2.05, 4.69) is 12.6 Å². The van der Waals surface area contributed by atoms with Crippen molar-refractivity contribution in [2.45, 2.75) is 45.0 Å². The van der Waals surface area contributed by atoms with Crippen molar-refractivity contribution in [3.05, 3.63) is 0 Å². The molecule has 0 aromatic carbocycles. The van der Waals surface area contributed by atoms with Gasteiger partial charge in [-0.3, -0.25) is 0 Å². The largest absolute Gasteiger partial charge is 0.367 e. The first-order chi connectivity index (χ1) is 7.11. The van der Waals surface area contributed by atoms with E-state index in [1.54, 1.807) is 0 Å². The lowest BCUT2D eigenvalue weighted by atomic mass is 10.3. The lowest BCUT2D eigenvalue weighted by molar-refractivity contribution is -0.123. The summed E-state index contributed by atoms with van der Waals surface area (Å²) >= 11 is 4.01. The van der Waals surface area contributed by atoms with Crippen molar-refractivity contribution in [2.75, 3.05) is 19.8 Å². The quantitative estimate of drug-likeness (QED) is 0.574. The van der Waals surface area contributed by atoms with E-state index in [1.807, 2.05) is 20.8 Å². The number of thiol groups is 1. The molecule has 0 aliphatic carbocycles. The van der Waals surface area contributed by atoms with Crippen LogP contribution in [0.2, 0.25) is 0 Å². The summed E-state index contributed by atoms with van der Waals surface area (Å²) in [6, 6.07) is 0. The molecule has 5 heteroatoms. The van der Waals surface area contributed by atoms with Gasteiger partial charge in [0.1, 0.15) is 0 Å². The maximum atomic E-state index is 8.70. The van der Waals surface area contributed by atoms with Gasteiger partial charge < -0.3 is 19.3 Å². The maximum Gasteiger partial charge on any atom is 0.166 e. The van der Waals surface area contributed by atoms with Gasteiger partial charge in [-0.1, -0.05) is 0 Å². The van der Waals surface area contributed by atoms with Crippen LogP contribution in [0.3, 0.4) is 0 Å². The molecule has 1 N–H and O–H groups in total. The topological polar surface area (TPSA) is 47.9 Å². The Labute approximate surface area is 97.3 Å². The van der Waals surface area contributed by atoms with Crippen molar-refractivity contribution < 1.29 is 19.3 Å². The Morgan fingerprint density at radius 1 is 1.40 bits per heavy atom. The van der Waals surface area contributed by atoms with Gasteiger partial charge in [0.25, 0.3) is 0 Å². The summed E-state index contributed by atoms with van der Waals surface area (Å²) < 4.78 is 14.9. The van der Waals surface area contributed by atoms with Gasteiger partial charge >= 0.3 is 0 Å². The number of hydrogen-bond donors (Lipinski definition) is 2. The first-order valence-corrected chi connectivity index (χ1v) is 5.84. The molecular formula is C10H22O4S. The molecule has 15 heavy (non-hydrogen) atoms. The molecule has 1 aliphatic heterocycles. The van der Waals surface area contributed by atoms with Crippen LogP contribution in [0.5, 0.6) is 0 Å². The molecule has 0 bridgehead atoms. The fraction of sp³-hybridized carbons (Fsp3) is 1.00. The Morgan fingerprint density at radius 3 is 2.13 bits per heavy atom. The number of ether oxygens (including phenoxy) is 3. The Balaban J connectivity index is 0.000000262. The number of aliphatic hydroxyl groups is 1. The highest BCUT2D eigenvalue weighted by molar-refractivity contribution is 7.81. The van der Waals surface area contributed by atoms with Crippen molar-refractivity contribution in [3.8, 4) is 0 Å². The number of aliphatic hydroxyl groups excluding tert-OH is 1. The lowest BCUT2D eigenvalue weighted by Crippen LogP contribution is -2.13. The third kappa shape index (κ3) is 8.04. The van der Waals surface area contributed by atoms with E-state index in [1.165, 1.54) is 0 Å². The molecule has 0 spiro atoms. The third-order valence-corrected chi connectivity index (χ3v) is 2.35. The molecule has 2 unspecified atom stereocenters. The zero-order chi connectivity index (χ0) is 11.7. The molecule has 1 saturated heterocycles. The van der Waals surface area contributed by atoms with Crippen LogP contribution in [0, 0.1) is 0 Å². The van der Waals surface area contributed by atoms with Crippen molar-refractivity contribution in [2.24, 2.45) is 0 Å². The minimum Gasteiger partial charge on any atom is -0.367 e. The van der Waals surface area contributed by atoms with E-state index in [0.717, 1.165) is 19.6 Å². The van der Waals surface area contributed by atoms with Crippen LogP contribution in [0.25, 0.3) is 0 Å². The molecule has 92 valence electrons. The van der Waals surface area contributed by atoms with Crippen LogP contribution in [0.15, 0.2) is 0 Å². The Kier molecular flexibility index (Phi) is 9.54. The molecule has 4 nitrogen and oxygen atoms in total. The molecule has 1 heterocycles. The van der Waals surface area contributed by atoms with Crippen LogP contribution in [0.1, 0.15) is 27.2 Å². The summed E-state index contributed by atoms with van der Waals surface area (Å²) in [6.45, 7) is 7.90. The molecule has 0 radical (unpaired) electrons. The molecule has 2 atom stereocenters. The second kappa shape index (κ2) is 9.42. The van der Waals surface area contributed by atoms with Gasteiger partial charge in [-0.2, -0.15) is 12.6 Å². The molecule has 1 fully saturated rings. The van der Waals surface area contributed by atoms with Crippen molar-refractivity contribution in [1.29, 1.82) is 0 Å². The Bertz CT molecular complexity index is 131. The van der Waals surface area contributed by atoms with E-state index in [9.17, 15) is 0 Å². The van der Waals surface area contributed by atoms with Crippen molar-refractivity contribution >= 4 is 12.6 Å². The summed E-state index contributed by atoms with van der Waals surface area (Å²) in [6.07, 6.45) is 0.206. The van der Waals surface area contributed by atoms with Crippen LogP contribution in [-0.4, -0.2) is 42.8 Å². The highest BCUT2D eigenvalue weighted by atomic mass is 32.1. The number of hydrogen-bond acceptors (Lipinski definition) is 5. The Hall–Kier alpha value is 0.190. The van der Waals surface area contributed by atoms with Crippen molar-refractivity contribution in [1.82, 2.24) is 0 Å². The van der Waals surface area contributed by atoms with Crippen LogP contribution >= 0.6 is 12.6 Å². The number of rotatable bonds is 4. The highest BCUT2D eigenvalue weighted by Crippen LogP contribution is 2.15. The van der Waals surface area contributed by atoms with Crippen LogP contribution < -0.4 is 0 Å². The van der Waals surface area contributed by atoms with Gasteiger partial charge in [0.2, 0.25) is 0 Å². The molecule has 0 aromatic rings. The normalized spacial score (nSPS) is 25.2. The van der Waals surface area contributed by atoms with E-state index < -0.39 is 6.29 Å². The van der Waals surface area contributed by atoms with E-state index in [4.69, 9.17) is 19.3 Å². The predicted molar refractivity (Wildman–Crippen MR) is 62.1 cm³/mol. The Morgan fingerprint density at radius 2 is 1.93 bits per heavy atom. The molecule has 0 aromatic heterocycles. The van der Waals surface area contributed by atoms with Gasteiger partial charge in [0.05, 0.1) is 11.9 Å². The van der Waals surface area contributed by atoms with E-state index >= 15 is 0 Å². The lowest BCUT2D eigenvalue weighted by Gasteiger charge is -2.09. The molecule has 1 rings (SSSR count). The zero-order valence-electron chi connectivity index (χ0n) is 9.68. The maximum absolute atomic E-state index is 8.70. The smallest absolute Gasteiger partial charge is 0.166 e. The fourth-order valence-corrected chi connectivity index (χ4v) is 1.27. The first kappa shape index (κ1) is 15.2. The van der Waals surface area contributed by atoms with Crippen LogP contribution in [0.4, 0.5) is 0 Å². The average molecular weight is 238 g/mol.